The molecule has 0 aromatic rings. The van der Waals surface area contributed by atoms with Gasteiger partial charge >= 0.3 is 11.9 Å². The highest BCUT2D eigenvalue weighted by molar-refractivity contribution is 7.98. The highest BCUT2D eigenvalue weighted by Crippen LogP contribution is 2.17. The molecule has 0 unspecified atom stereocenters. The van der Waals surface area contributed by atoms with Crippen molar-refractivity contribution >= 4 is 23.7 Å². The van der Waals surface area contributed by atoms with E-state index < -0.39 is 23.1 Å². The summed E-state index contributed by atoms with van der Waals surface area (Å²) in [5.74, 6) is -1.75. The lowest BCUT2D eigenvalue weighted by atomic mass is 9.97. The van der Waals surface area contributed by atoms with Crippen molar-refractivity contribution in [3.63, 3.8) is 0 Å². The zero-order chi connectivity index (χ0) is 13.0. The number of nitrogens with two attached hydrogens (primary N) is 1. The summed E-state index contributed by atoms with van der Waals surface area (Å²) in [5, 5.41) is 8.99. The third kappa shape index (κ3) is 4.40. The standard InChI is InChI=1S/C10H19NO4S/c1-9(2,3)15-8(14)10(11,7(12)13)5-6-16-4/h5-6,11H2,1-4H3,(H,12,13)/t10-/m0/s1. The summed E-state index contributed by atoms with van der Waals surface area (Å²) >= 11 is 1.43. The predicted molar refractivity (Wildman–Crippen MR) is 63.4 cm³/mol. The van der Waals surface area contributed by atoms with Crippen LogP contribution in [-0.2, 0) is 14.3 Å². The van der Waals surface area contributed by atoms with Gasteiger partial charge in [0.2, 0.25) is 5.54 Å². The second-order valence-electron chi connectivity index (χ2n) is 4.52. The maximum Gasteiger partial charge on any atom is 0.338 e. The Kier molecular flexibility index (Phi) is 5.28. The number of aliphatic carboxylic acids is 1. The van der Waals surface area contributed by atoms with Crippen LogP contribution < -0.4 is 5.73 Å². The van der Waals surface area contributed by atoms with Gasteiger partial charge in [-0.3, -0.25) is 0 Å². The molecule has 5 nitrogen and oxygen atoms in total. The van der Waals surface area contributed by atoms with Gasteiger partial charge in [-0.25, -0.2) is 9.59 Å². The molecule has 0 spiro atoms. The number of thioether (sulfide) groups is 1. The maximum absolute atomic E-state index is 11.7. The van der Waals surface area contributed by atoms with Crippen LogP contribution in [0.1, 0.15) is 27.2 Å². The van der Waals surface area contributed by atoms with Crippen molar-refractivity contribution in [1.29, 1.82) is 0 Å². The molecule has 0 rings (SSSR count). The molecule has 0 aromatic carbocycles. The summed E-state index contributed by atoms with van der Waals surface area (Å²) < 4.78 is 5.01. The number of carboxylic acid groups (broad SMARTS) is 1. The predicted octanol–water partition coefficient (Wildman–Crippen LogP) is 0.863. The van der Waals surface area contributed by atoms with E-state index >= 15 is 0 Å². The molecule has 0 aliphatic heterocycles. The lowest BCUT2D eigenvalue weighted by Gasteiger charge is -2.27. The van der Waals surface area contributed by atoms with E-state index in [4.69, 9.17) is 15.6 Å². The lowest BCUT2D eigenvalue weighted by Crippen LogP contribution is -2.57. The topological polar surface area (TPSA) is 89.6 Å². The third-order valence-corrected chi connectivity index (χ3v) is 2.46. The van der Waals surface area contributed by atoms with Crippen molar-refractivity contribution in [3.8, 4) is 0 Å². The molecule has 0 heterocycles. The van der Waals surface area contributed by atoms with Crippen LogP contribution in [-0.4, -0.2) is 40.2 Å². The first-order valence-corrected chi connectivity index (χ1v) is 6.27. The summed E-state index contributed by atoms with van der Waals surface area (Å²) in [7, 11) is 0. The van der Waals surface area contributed by atoms with Crippen LogP contribution in [0, 0.1) is 0 Å². The molecule has 0 saturated carbocycles. The van der Waals surface area contributed by atoms with Crippen LogP contribution in [0.5, 0.6) is 0 Å². The lowest BCUT2D eigenvalue weighted by molar-refractivity contribution is -0.169. The summed E-state index contributed by atoms with van der Waals surface area (Å²) in [5.41, 5.74) is 2.90. The van der Waals surface area contributed by atoms with Gasteiger partial charge in [-0.05, 0) is 39.2 Å². The molecular formula is C10H19NO4S. The van der Waals surface area contributed by atoms with Gasteiger partial charge in [-0.1, -0.05) is 0 Å². The van der Waals surface area contributed by atoms with Crippen LogP contribution >= 0.6 is 11.8 Å². The van der Waals surface area contributed by atoms with Gasteiger partial charge in [0.25, 0.3) is 0 Å². The number of carboxylic acids is 1. The molecule has 16 heavy (non-hydrogen) atoms. The molecule has 0 saturated heterocycles. The van der Waals surface area contributed by atoms with Gasteiger partial charge in [0, 0.05) is 0 Å². The fourth-order valence-corrected chi connectivity index (χ4v) is 1.45. The van der Waals surface area contributed by atoms with Gasteiger partial charge in [-0.2, -0.15) is 11.8 Å². The van der Waals surface area contributed by atoms with Crippen molar-refractivity contribution in [2.75, 3.05) is 12.0 Å². The molecule has 0 radical (unpaired) electrons. The molecule has 94 valence electrons. The Hall–Kier alpha value is -0.750. The minimum atomic E-state index is -1.95. The van der Waals surface area contributed by atoms with E-state index in [1.54, 1.807) is 20.8 Å². The first kappa shape index (κ1) is 15.2. The number of esters is 1. The van der Waals surface area contributed by atoms with Gasteiger partial charge in [0.05, 0.1) is 0 Å². The smallest absolute Gasteiger partial charge is 0.338 e. The number of carbonyl (C=O) groups excluding carboxylic acids is 1. The Balaban J connectivity index is 4.77. The summed E-state index contributed by atoms with van der Waals surface area (Å²) in [6.07, 6.45) is 1.87. The Morgan fingerprint density at radius 1 is 1.38 bits per heavy atom. The normalized spacial score (nSPS) is 15.3. The van der Waals surface area contributed by atoms with Crippen molar-refractivity contribution in [1.82, 2.24) is 0 Å². The molecule has 0 aliphatic carbocycles. The van der Waals surface area contributed by atoms with Gasteiger partial charge in [-0.15, -0.1) is 0 Å². The third-order valence-electron chi connectivity index (χ3n) is 1.85. The van der Waals surface area contributed by atoms with E-state index in [0.29, 0.717) is 5.75 Å². The molecule has 0 aromatic heterocycles. The minimum Gasteiger partial charge on any atom is -0.479 e. The van der Waals surface area contributed by atoms with E-state index in [2.05, 4.69) is 0 Å². The Bertz CT molecular complexity index is 274. The molecule has 3 N–H and O–H groups in total. The zero-order valence-corrected chi connectivity index (χ0v) is 10.9. The van der Waals surface area contributed by atoms with Crippen molar-refractivity contribution in [3.05, 3.63) is 0 Å². The number of carbonyl (C=O) groups is 2. The van der Waals surface area contributed by atoms with Crippen LogP contribution in [0.2, 0.25) is 0 Å². The van der Waals surface area contributed by atoms with Gasteiger partial charge < -0.3 is 15.6 Å². The molecule has 0 bridgehead atoms. The fraction of sp³-hybridized carbons (Fsp3) is 0.800. The minimum absolute atomic E-state index is 0.0540. The van der Waals surface area contributed by atoms with Crippen molar-refractivity contribution in [2.24, 2.45) is 5.73 Å². The highest BCUT2D eigenvalue weighted by Gasteiger charge is 2.44. The number of ether oxygens (including phenoxy) is 1. The Morgan fingerprint density at radius 2 is 1.88 bits per heavy atom. The van der Waals surface area contributed by atoms with E-state index in [-0.39, 0.29) is 6.42 Å². The molecule has 0 amide bonds. The SMILES string of the molecule is CSCC[C@](N)(C(=O)O)C(=O)OC(C)(C)C. The summed E-state index contributed by atoms with van der Waals surface area (Å²) in [6, 6.07) is 0. The van der Waals surface area contributed by atoms with E-state index in [0.717, 1.165) is 0 Å². The summed E-state index contributed by atoms with van der Waals surface area (Å²) in [4.78, 5) is 22.7. The molecule has 0 aliphatic rings. The molecular weight excluding hydrogens is 230 g/mol. The van der Waals surface area contributed by atoms with E-state index in [9.17, 15) is 9.59 Å². The van der Waals surface area contributed by atoms with E-state index in [1.165, 1.54) is 11.8 Å². The van der Waals surface area contributed by atoms with Crippen molar-refractivity contribution in [2.45, 2.75) is 38.3 Å². The average molecular weight is 249 g/mol. The van der Waals surface area contributed by atoms with Crippen LogP contribution in [0.25, 0.3) is 0 Å². The fourth-order valence-electron chi connectivity index (χ4n) is 0.929. The van der Waals surface area contributed by atoms with Crippen LogP contribution in [0.4, 0.5) is 0 Å². The molecule has 0 fully saturated rings. The van der Waals surface area contributed by atoms with Gasteiger partial charge in [0.1, 0.15) is 5.60 Å². The second kappa shape index (κ2) is 5.54. The number of hydrogen-bond acceptors (Lipinski definition) is 5. The quantitative estimate of drug-likeness (QED) is 0.555. The highest BCUT2D eigenvalue weighted by atomic mass is 32.2. The van der Waals surface area contributed by atoms with Crippen molar-refractivity contribution < 1.29 is 19.4 Å². The number of rotatable bonds is 5. The second-order valence-corrected chi connectivity index (χ2v) is 5.51. The maximum atomic E-state index is 11.7. The number of hydrogen-bond donors (Lipinski definition) is 2. The first-order valence-electron chi connectivity index (χ1n) is 4.88. The summed E-state index contributed by atoms with van der Waals surface area (Å²) in [6.45, 7) is 5.01. The molecule has 6 heteroatoms. The Morgan fingerprint density at radius 3 is 2.19 bits per heavy atom. The largest absolute Gasteiger partial charge is 0.479 e. The van der Waals surface area contributed by atoms with Crippen LogP contribution in [0.3, 0.4) is 0 Å². The van der Waals surface area contributed by atoms with Crippen LogP contribution in [0.15, 0.2) is 0 Å². The van der Waals surface area contributed by atoms with E-state index in [1.807, 2.05) is 6.26 Å². The average Bonchev–Trinajstić information content (AvgIpc) is 2.10. The molecule has 1 atom stereocenters. The monoisotopic (exact) mass is 249 g/mol. The first-order chi connectivity index (χ1) is 7.13. The van der Waals surface area contributed by atoms with Gasteiger partial charge in [0.15, 0.2) is 0 Å². The zero-order valence-electron chi connectivity index (χ0n) is 10.1. The Labute approximate surface area is 99.7 Å².